The third-order valence-corrected chi connectivity index (χ3v) is 4.50. The van der Waals surface area contributed by atoms with Crippen LogP contribution >= 0.6 is 35.3 Å². The van der Waals surface area contributed by atoms with E-state index >= 15 is 0 Å². The first-order chi connectivity index (χ1) is 3.00. The van der Waals surface area contributed by atoms with Gasteiger partial charge < -0.3 is 1.43 Å². The fraction of sp³-hybridized carbons (Fsp3) is 1.00. The van der Waals surface area contributed by atoms with Crippen LogP contribution in [-0.4, -0.2) is 15.3 Å². The van der Waals surface area contributed by atoms with Gasteiger partial charge >= 0.3 is 18.9 Å². The SMILES string of the molecule is C1SCSCS1.[H-].[Li+]. The standard InChI is InChI=1S/C3H6S3.Li.H/c1-4-2-6-3-5-1;;/h1-3H2;;/q;+1;-1. The molecule has 1 aliphatic heterocycles. The predicted octanol–water partition coefficient (Wildman–Crippen LogP) is -0.811. The Morgan fingerprint density at radius 3 is 1.29 bits per heavy atom. The summed E-state index contributed by atoms with van der Waals surface area (Å²) in [6.07, 6.45) is 0. The van der Waals surface area contributed by atoms with E-state index in [-0.39, 0.29) is 20.3 Å². The van der Waals surface area contributed by atoms with Crippen LogP contribution in [0.3, 0.4) is 0 Å². The van der Waals surface area contributed by atoms with Crippen LogP contribution in [0, 0.1) is 0 Å². The maximum Gasteiger partial charge on any atom is 1.00 e. The second-order valence-corrected chi connectivity index (χ2v) is 5.02. The largest absolute Gasteiger partial charge is 1.00 e. The van der Waals surface area contributed by atoms with Gasteiger partial charge in [0.2, 0.25) is 0 Å². The molecule has 0 nitrogen and oxygen atoms in total. The van der Waals surface area contributed by atoms with E-state index in [1.54, 1.807) is 0 Å². The van der Waals surface area contributed by atoms with Crippen LogP contribution in [0.15, 0.2) is 0 Å². The Bertz CT molecular complexity index is 30.0. The molecular formula is C3H7LiS3. The van der Waals surface area contributed by atoms with Crippen molar-refractivity contribution in [3.63, 3.8) is 0 Å². The quantitative estimate of drug-likeness (QED) is 0.410. The van der Waals surface area contributed by atoms with Crippen molar-refractivity contribution >= 4 is 35.3 Å². The van der Waals surface area contributed by atoms with Gasteiger partial charge in [0.1, 0.15) is 0 Å². The van der Waals surface area contributed by atoms with Crippen molar-refractivity contribution in [3.05, 3.63) is 0 Å². The van der Waals surface area contributed by atoms with E-state index in [0.717, 1.165) is 0 Å². The van der Waals surface area contributed by atoms with Gasteiger partial charge in [-0.1, -0.05) is 0 Å². The molecule has 0 saturated carbocycles. The molecule has 0 aromatic rings. The molecule has 1 saturated heterocycles. The molecule has 1 heterocycles. The van der Waals surface area contributed by atoms with E-state index in [1.165, 1.54) is 15.3 Å². The summed E-state index contributed by atoms with van der Waals surface area (Å²) in [6, 6.07) is 0. The van der Waals surface area contributed by atoms with Gasteiger partial charge in [0.25, 0.3) is 0 Å². The van der Waals surface area contributed by atoms with Crippen LogP contribution in [0.2, 0.25) is 0 Å². The van der Waals surface area contributed by atoms with Crippen LogP contribution in [0.4, 0.5) is 0 Å². The molecule has 38 valence electrons. The first kappa shape index (κ1) is 8.65. The van der Waals surface area contributed by atoms with Crippen molar-refractivity contribution in [2.75, 3.05) is 15.3 Å². The van der Waals surface area contributed by atoms with Gasteiger partial charge in [0, 0.05) is 15.3 Å². The van der Waals surface area contributed by atoms with Crippen LogP contribution in [0.1, 0.15) is 1.43 Å². The minimum absolute atomic E-state index is 0. The fourth-order valence-corrected chi connectivity index (χ4v) is 4.35. The summed E-state index contributed by atoms with van der Waals surface area (Å²) in [5.74, 6) is 0. The average Bonchev–Trinajstić information content (AvgIpc) is 1.72. The van der Waals surface area contributed by atoms with Crippen LogP contribution in [0.5, 0.6) is 0 Å². The van der Waals surface area contributed by atoms with E-state index in [1.807, 2.05) is 35.3 Å². The topological polar surface area (TPSA) is 0 Å². The first-order valence-corrected chi connectivity index (χ1v) is 5.20. The van der Waals surface area contributed by atoms with Crippen LogP contribution in [0.25, 0.3) is 0 Å². The molecule has 0 amide bonds. The van der Waals surface area contributed by atoms with Gasteiger partial charge in [-0.25, -0.2) is 0 Å². The Hall–Kier alpha value is 1.65. The Balaban J connectivity index is 0. The van der Waals surface area contributed by atoms with E-state index in [4.69, 9.17) is 0 Å². The zero-order valence-corrected chi connectivity index (χ0v) is 6.80. The second kappa shape index (κ2) is 5.78. The maximum absolute atomic E-state index is 2.02. The Labute approximate surface area is 70.6 Å². The second-order valence-electron chi connectivity index (χ2n) is 0.966. The minimum atomic E-state index is 0. The molecule has 0 bridgehead atoms. The number of rotatable bonds is 0. The smallest absolute Gasteiger partial charge is 1.00 e. The molecule has 4 heteroatoms. The van der Waals surface area contributed by atoms with Crippen molar-refractivity contribution in [2.45, 2.75) is 0 Å². The van der Waals surface area contributed by atoms with Crippen molar-refractivity contribution in [1.29, 1.82) is 0 Å². The number of hydrogen-bond donors (Lipinski definition) is 0. The molecule has 0 aliphatic carbocycles. The number of hydrogen-bond acceptors (Lipinski definition) is 3. The molecular weight excluding hydrogens is 139 g/mol. The third kappa shape index (κ3) is 4.17. The van der Waals surface area contributed by atoms with Crippen molar-refractivity contribution in [3.8, 4) is 0 Å². The Morgan fingerprint density at radius 1 is 0.857 bits per heavy atom. The van der Waals surface area contributed by atoms with E-state index in [0.29, 0.717) is 0 Å². The molecule has 0 atom stereocenters. The van der Waals surface area contributed by atoms with Gasteiger partial charge in [-0.15, -0.1) is 35.3 Å². The summed E-state index contributed by atoms with van der Waals surface area (Å²) < 4.78 is 0. The maximum atomic E-state index is 2.02. The predicted molar refractivity (Wildman–Crippen MR) is 38.5 cm³/mol. The van der Waals surface area contributed by atoms with Gasteiger partial charge in [-0.05, 0) is 0 Å². The summed E-state index contributed by atoms with van der Waals surface area (Å²) >= 11 is 6.06. The van der Waals surface area contributed by atoms with E-state index in [2.05, 4.69) is 0 Å². The van der Waals surface area contributed by atoms with E-state index < -0.39 is 0 Å². The molecule has 0 spiro atoms. The van der Waals surface area contributed by atoms with Gasteiger partial charge in [0.05, 0.1) is 0 Å². The molecule has 1 aliphatic rings. The van der Waals surface area contributed by atoms with Gasteiger partial charge in [-0.2, -0.15) is 0 Å². The minimum Gasteiger partial charge on any atom is -1.00 e. The zero-order valence-electron chi connectivity index (χ0n) is 5.35. The molecule has 0 aromatic carbocycles. The van der Waals surface area contributed by atoms with Crippen molar-refractivity contribution in [1.82, 2.24) is 0 Å². The summed E-state index contributed by atoms with van der Waals surface area (Å²) in [5.41, 5.74) is 0. The van der Waals surface area contributed by atoms with E-state index in [9.17, 15) is 0 Å². The van der Waals surface area contributed by atoms with Crippen molar-refractivity contribution in [2.24, 2.45) is 0 Å². The molecule has 0 unspecified atom stereocenters. The first-order valence-electron chi connectivity index (χ1n) is 1.73. The molecule has 0 aromatic heterocycles. The summed E-state index contributed by atoms with van der Waals surface area (Å²) in [4.78, 5) is 0. The van der Waals surface area contributed by atoms with Crippen LogP contribution in [-0.2, 0) is 0 Å². The van der Waals surface area contributed by atoms with Crippen LogP contribution < -0.4 is 18.9 Å². The summed E-state index contributed by atoms with van der Waals surface area (Å²) in [6.45, 7) is 0. The fourth-order valence-electron chi connectivity index (χ4n) is 0.279. The van der Waals surface area contributed by atoms with Gasteiger partial charge in [0.15, 0.2) is 0 Å². The molecule has 7 heavy (non-hydrogen) atoms. The Morgan fingerprint density at radius 2 is 1.14 bits per heavy atom. The third-order valence-electron chi connectivity index (χ3n) is 0.500. The van der Waals surface area contributed by atoms with Crippen molar-refractivity contribution < 1.29 is 20.3 Å². The summed E-state index contributed by atoms with van der Waals surface area (Å²) in [7, 11) is 0. The molecule has 1 fully saturated rings. The molecule has 1 rings (SSSR count). The monoisotopic (exact) mass is 146 g/mol. The zero-order chi connectivity index (χ0) is 4.24. The Kier molecular flexibility index (Phi) is 7.14. The number of thioether (sulfide) groups is 3. The normalized spacial score (nSPS) is 20.6. The summed E-state index contributed by atoms with van der Waals surface area (Å²) in [5, 5.41) is 3.94. The average molecular weight is 146 g/mol. The van der Waals surface area contributed by atoms with Gasteiger partial charge in [-0.3, -0.25) is 0 Å². The molecule has 0 N–H and O–H groups in total. The molecule has 0 radical (unpaired) electrons.